The van der Waals surface area contributed by atoms with Crippen LogP contribution in [0.15, 0.2) is 42.6 Å². The highest BCUT2D eigenvalue weighted by Gasteiger charge is 2.23. The van der Waals surface area contributed by atoms with Crippen LogP contribution in [0.5, 0.6) is 0 Å². The van der Waals surface area contributed by atoms with Crippen LogP contribution in [0, 0.1) is 6.92 Å². The zero-order chi connectivity index (χ0) is 19.7. The first kappa shape index (κ1) is 18.6. The van der Waals surface area contributed by atoms with Gasteiger partial charge in [-0.2, -0.15) is 0 Å². The molecule has 3 heterocycles. The quantitative estimate of drug-likeness (QED) is 0.697. The molecular weight excluding hydrogens is 348 g/mol. The van der Waals surface area contributed by atoms with Gasteiger partial charge in [-0.05, 0) is 33.0 Å². The Morgan fingerprint density at radius 2 is 1.96 bits per heavy atom. The third kappa shape index (κ3) is 3.78. The van der Waals surface area contributed by atoms with Crippen molar-refractivity contribution < 1.29 is 0 Å². The van der Waals surface area contributed by atoms with Crippen molar-refractivity contribution in [2.75, 3.05) is 43.5 Å². The highest BCUT2D eigenvalue weighted by Crippen LogP contribution is 2.26. The molecule has 146 valence electrons. The van der Waals surface area contributed by atoms with Gasteiger partial charge >= 0.3 is 0 Å². The largest absolute Gasteiger partial charge is 0.367 e. The normalized spacial score (nSPS) is 17.9. The maximum atomic E-state index is 4.73. The molecule has 0 unspecified atom stereocenters. The topological polar surface area (TPSA) is 48.4 Å². The summed E-state index contributed by atoms with van der Waals surface area (Å²) in [5, 5.41) is 1.15. The summed E-state index contributed by atoms with van der Waals surface area (Å²) in [5.41, 5.74) is 3.17. The Labute approximate surface area is 166 Å². The number of benzene rings is 1. The molecule has 3 aromatic rings. The summed E-state index contributed by atoms with van der Waals surface area (Å²) in [6.07, 6.45) is 1.85. The Hall–Kier alpha value is -2.73. The fraction of sp³-hybridized carbons (Fsp3) is 0.409. The van der Waals surface area contributed by atoms with E-state index in [1.165, 1.54) is 0 Å². The molecular formula is C22H28N6. The Kier molecular flexibility index (Phi) is 5.13. The summed E-state index contributed by atoms with van der Waals surface area (Å²) in [7, 11) is 4.27. The molecule has 1 aliphatic rings. The molecule has 0 spiro atoms. The highest BCUT2D eigenvalue weighted by molar-refractivity contribution is 5.90. The van der Waals surface area contributed by atoms with E-state index in [0.29, 0.717) is 12.6 Å². The van der Waals surface area contributed by atoms with Crippen molar-refractivity contribution in [2.24, 2.45) is 0 Å². The van der Waals surface area contributed by atoms with E-state index in [-0.39, 0.29) is 0 Å². The van der Waals surface area contributed by atoms with E-state index in [4.69, 9.17) is 9.97 Å². The van der Waals surface area contributed by atoms with Crippen LogP contribution >= 0.6 is 0 Å². The first-order valence-electron chi connectivity index (χ1n) is 9.86. The number of aryl methyl sites for hydroxylation is 1. The van der Waals surface area contributed by atoms with E-state index in [2.05, 4.69) is 71.0 Å². The van der Waals surface area contributed by atoms with E-state index in [1.54, 1.807) is 0 Å². The SMILES string of the molecule is Cc1nc(CN(C)c2cccc3cccnc23)cc(N2CCN(C)C[C@H]2C)n1. The van der Waals surface area contributed by atoms with Crippen LogP contribution in [-0.2, 0) is 6.54 Å². The van der Waals surface area contributed by atoms with Crippen molar-refractivity contribution >= 4 is 22.4 Å². The Balaban J connectivity index is 1.60. The van der Waals surface area contributed by atoms with Gasteiger partial charge in [0.25, 0.3) is 0 Å². The minimum absolute atomic E-state index is 0.445. The number of hydrogen-bond donors (Lipinski definition) is 0. The molecule has 1 aliphatic heterocycles. The molecule has 6 nitrogen and oxygen atoms in total. The lowest BCUT2D eigenvalue weighted by molar-refractivity contribution is 0.274. The monoisotopic (exact) mass is 376 g/mol. The molecule has 1 atom stereocenters. The van der Waals surface area contributed by atoms with Crippen LogP contribution in [-0.4, -0.2) is 59.6 Å². The number of hydrogen-bond acceptors (Lipinski definition) is 6. The Bertz CT molecular complexity index is 967. The van der Waals surface area contributed by atoms with Gasteiger partial charge in [-0.25, -0.2) is 9.97 Å². The number of rotatable bonds is 4. The second kappa shape index (κ2) is 7.72. The fourth-order valence-corrected chi connectivity index (χ4v) is 4.04. The second-order valence-corrected chi connectivity index (χ2v) is 7.78. The molecule has 4 rings (SSSR count). The van der Waals surface area contributed by atoms with Gasteiger partial charge in [0.05, 0.1) is 23.4 Å². The zero-order valence-electron chi connectivity index (χ0n) is 17.1. The molecule has 0 amide bonds. The number of piperazine rings is 1. The van der Waals surface area contributed by atoms with Crippen LogP contribution in [0.4, 0.5) is 11.5 Å². The lowest BCUT2D eigenvalue weighted by atomic mass is 10.1. The van der Waals surface area contributed by atoms with Crippen LogP contribution in [0.25, 0.3) is 10.9 Å². The standard InChI is InChI=1S/C22H28N6/c1-16-14-26(3)11-12-28(16)21-13-19(24-17(2)25-21)15-27(4)20-9-5-7-18-8-6-10-23-22(18)20/h5-10,13,16H,11-12,14-15H2,1-4H3/t16-/m1/s1. The van der Waals surface area contributed by atoms with Crippen molar-refractivity contribution in [3.63, 3.8) is 0 Å². The zero-order valence-corrected chi connectivity index (χ0v) is 17.1. The van der Waals surface area contributed by atoms with Crippen molar-refractivity contribution in [3.05, 3.63) is 54.1 Å². The summed E-state index contributed by atoms with van der Waals surface area (Å²) in [6, 6.07) is 13.0. The summed E-state index contributed by atoms with van der Waals surface area (Å²) in [6.45, 7) is 8.07. The predicted molar refractivity (Wildman–Crippen MR) is 115 cm³/mol. The van der Waals surface area contributed by atoms with Gasteiger partial charge in [-0.3, -0.25) is 4.98 Å². The number of likely N-dealkylation sites (N-methyl/N-ethyl adjacent to an activating group) is 1. The van der Waals surface area contributed by atoms with Gasteiger partial charge in [-0.15, -0.1) is 0 Å². The Morgan fingerprint density at radius 1 is 1.14 bits per heavy atom. The average Bonchev–Trinajstić information content (AvgIpc) is 2.67. The number of nitrogens with zero attached hydrogens (tertiary/aromatic N) is 6. The number of fused-ring (bicyclic) bond motifs is 1. The molecule has 1 aromatic carbocycles. The molecule has 0 radical (unpaired) electrons. The number of para-hydroxylation sites is 1. The van der Waals surface area contributed by atoms with Crippen molar-refractivity contribution in [1.82, 2.24) is 19.9 Å². The van der Waals surface area contributed by atoms with Gasteiger partial charge in [0.1, 0.15) is 11.6 Å². The molecule has 0 saturated carbocycles. The predicted octanol–water partition coefficient (Wildman–Crippen LogP) is 3.11. The first-order chi connectivity index (χ1) is 13.5. The van der Waals surface area contributed by atoms with Crippen molar-refractivity contribution in [2.45, 2.75) is 26.4 Å². The second-order valence-electron chi connectivity index (χ2n) is 7.78. The first-order valence-corrected chi connectivity index (χ1v) is 9.86. The maximum Gasteiger partial charge on any atom is 0.132 e. The third-order valence-corrected chi connectivity index (χ3v) is 5.42. The number of pyridine rings is 1. The van der Waals surface area contributed by atoms with E-state index >= 15 is 0 Å². The molecule has 2 aromatic heterocycles. The van der Waals surface area contributed by atoms with E-state index < -0.39 is 0 Å². The molecule has 0 aliphatic carbocycles. The minimum Gasteiger partial charge on any atom is -0.367 e. The van der Waals surface area contributed by atoms with Crippen LogP contribution in [0.1, 0.15) is 18.4 Å². The van der Waals surface area contributed by atoms with E-state index in [1.807, 2.05) is 19.2 Å². The molecule has 1 fully saturated rings. The highest BCUT2D eigenvalue weighted by atomic mass is 15.3. The fourth-order valence-electron chi connectivity index (χ4n) is 4.04. The van der Waals surface area contributed by atoms with E-state index in [0.717, 1.165) is 53.6 Å². The molecule has 1 saturated heterocycles. The molecule has 0 bridgehead atoms. The lowest BCUT2D eigenvalue weighted by Crippen LogP contribution is -2.51. The Morgan fingerprint density at radius 3 is 2.79 bits per heavy atom. The smallest absolute Gasteiger partial charge is 0.132 e. The van der Waals surface area contributed by atoms with Gasteiger partial charge in [0.15, 0.2) is 0 Å². The van der Waals surface area contributed by atoms with E-state index in [9.17, 15) is 0 Å². The van der Waals surface area contributed by atoms with Gasteiger partial charge < -0.3 is 14.7 Å². The van der Waals surface area contributed by atoms with Crippen LogP contribution < -0.4 is 9.80 Å². The van der Waals surface area contributed by atoms with Gasteiger partial charge in [0, 0.05) is 50.4 Å². The number of anilines is 2. The molecule has 6 heteroatoms. The molecule has 28 heavy (non-hydrogen) atoms. The summed E-state index contributed by atoms with van der Waals surface area (Å²) in [4.78, 5) is 21.0. The summed E-state index contributed by atoms with van der Waals surface area (Å²) in [5.74, 6) is 1.86. The summed E-state index contributed by atoms with van der Waals surface area (Å²) >= 11 is 0. The van der Waals surface area contributed by atoms with Crippen LogP contribution in [0.3, 0.4) is 0 Å². The minimum atomic E-state index is 0.445. The maximum absolute atomic E-state index is 4.73. The number of aromatic nitrogens is 3. The van der Waals surface area contributed by atoms with Crippen LogP contribution in [0.2, 0.25) is 0 Å². The van der Waals surface area contributed by atoms with Crippen molar-refractivity contribution in [1.29, 1.82) is 0 Å². The lowest BCUT2D eigenvalue weighted by Gasteiger charge is -2.39. The summed E-state index contributed by atoms with van der Waals surface area (Å²) < 4.78 is 0. The molecule has 0 N–H and O–H groups in total. The van der Waals surface area contributed by atoms with Crippen molar-refractivity contribution in [3.8, 4) is 0 Å². The van der Waals surface area contributed by atoms with Gasteiger partial charge in [0.2, 0.25) is 0 Å². The van der Waals surface area contributed by atoms with Gasteiger partial charge in [-0.1, -0.05) is 18.2 Å². The third-order valence-electron chi connectivity index (χ3n) is 5.42. The average molecular weight is 377 g/mol.